The van der Waals surface area contributed by atoms with E-state index in [4.69, 9.17) is 11.6 Å². The highest BCUT2D eigenvalue weighted by Crippen LogP contribution is 2.24. The predicted molar refractivity (Wildman–Crippen MR) is 115 cm³/mol. The van der Waals surface area contributed by atoms with E-state index in [-0.39, 0.29) is 5.91 Å². The molecule has 3 rings (SSSR count). The molecule has 0 spiro atoms. The minimum absolute atomic E-state index is 0.150. The van der Waals surface area contributed by atoms with Crippen LogP contribution >= 0.6 is 23.4 Å². The Labute approximate surface area is 170 Å². The van der Waals surface area contributed by atoms with Crippen molar-refractivity contribution in [1.82, 2.24) is 5.32 Å². The number of thioether (sulfide) groups is 1. The molecular formula is C21H27ClN3OS+. The van der Waals surface area contributed by atoms with Crippen LogP contribution in [0.4, 0.5) is 5.69 Å². The van der Waals surface area contributed by atoms with E-state index < -0.39 is 0 Å². The second kappa shape index (κ2) is 10.6. The first-order chi connectivity index (χ1) is 13.2. The highest BCUT2D eigenvalue weighted by atomic mass is 35.5. The Morgan fingerprint density at radius 1 is 1.07 bits per heavy atom. The summed E-state index contributed by atoms with van der Waals surface area (Å²) in [6.45, 7) is 5.07. The Morgan fingerprint density at radius 3 is 2.52 bits per heavy atom. The van der Waals surface area contributed by atoms with Crippen LogP contribution in [0.5, 0.6) is 0 Å². The van der Waals surface area contributed by atoms with Crippen LogP contribution in [0.25, 0.3) is 0 Å². The first kappa shape index (κ1) is 20.1. The monoisotopic (exact) mass is 404 g/mol. The molecule has 0 aromatic heterocycles. The predicted octanol–water partition coefficient (Wildman–Crippen LogP) is 2.09. The van der Waals surface area contributed by atoms with Gasteiger partial charge >= 0.3 is 0 Å². The van der Waals surface area contributed by atoms with Gasteiger partial charge in [0, 0.05) is 18.1 Å². The maximum absolute atomic E-state index is 12.2. The van der Waals surface area contributed by atoms with Gasteiger partial charge in [-0.25, -0.2) is 0 Å². The number of nitrogens with one attached hydrogen (secondary N) is 2. The number of halogens is 1. The molecule has 1 heterocycles. The summed E-state index contributed by atoms with van der Waals surface area (Å²) in [5.74, 6) is 2.08. The fourth-order valence-corrected chi connectivity index (χ4v) is 4.34. The van der Waals surface area contributed by atoms with Gasteiger partial charge in [-0.2, -0.15) is 11.8 Å². The number of hydrogen-bond acceptors (Lipinski definition) is 3. The van der Waals surface area contributed by atoms with E-state index in [9.17, 15) is 4.79 Å². The van der Waals surface area contributed by atoms with E-state index >= 15 is 0 Å². The standard InChI is InChI=1S/C21H26ClN3OS/c22-19-8-4-5-9-20(19)25-13-11-24(12-14-25)16-21(26)23-10-15-27-17-18-6-2-1-3-7-18/h1-9H,10-17H2,(H,23,26)/p+1. The third-order valence-corrected chi connectivity index (χ3v) is 6.10. The number of para-hydroxylation sites is 1. The quantitative estimate of drug-likeness (QED) is 0.661. The smallest absolute Gasteiger partial charge is 0.275 e. The number of anilines is 1. The molecular weight excluding hydrogens is 378 g/mol. The minimum Gasteiger partial charge on any atom is -0.359 e. The van der Waals surface area contributed by atoms with Crippen molar-refractivity contribution in [1.29, 1.82) is 0 Å². The summed E-state index contributed by atoms with van der Waals surface area (Å²) in [6.07, 6.45) is 0. The lowest BCUT2D eigenvalue weighted by molar-refractivity contribution is -0.892. The number of carbonyl (C=O) groups excluding carboxylic acids is 1. The molecule has 1 amide bonds. The molecule has 27 heavy (non-hydrogen) atoms. The molecule has 2 aromatic rings. The number of nitrogens with zero attached hydrogens (tertiary/aromatic N) is 1. The van der Waals surface area contributed by atoms with Gasteiger partial charge in [-0.1, -0.05) is 54.1 Å². The van der Waals surface area contributed by atoms with Gasteiger partial charge < -0.3 is 15.1 Å². The van der Waals surface area contributed by atoms with Gasteiger partial charge in [-0.15, -0.1) is 0 Å². The van der Waals surface area contributed by atoms with Crippen molar-refractivity contribution in [2.75, 3.05) is 49.9 Å². The number of amides is 1. The highest BCUT2D eigenvalue weighted by molar-refractivity contribution is 7.98. The van der Waals surface area contributed by atoms with E-state index in [1.807, 2.05) is 36.0 Å². The summed E-state index contributed by atoms with van der Waals surface area (Å²) >= 11 is 8.14. The molecule has 0 unspecified atom stereocenters. The summed E-state index contributed by atoms with van der Waals surface area (Å²) in [6, 6.07) is 18.4. The second-order valence-corrected chi connectivity index (χ2v) is 8.27. The largest absolute Gasteiger partial charge is 0.359 e. The molecule has 1 fully saturated rings. The lowest BCUT2D eigenvalue weighted by atomic mass is 10.2. The fourth-order valence-electron chi connectivity index (χ4n) is 3.27. The van der Waals surface area contributed by atoms with Crippen LogP contribution < -0.4 is 15.1 Å². The van der Waals surface area contributed by atoms with Crippen molar-refractivity contribution in [2.45, 2.75) is 5.75 Å². The van der Waals surface area contributed by atoms with Crippen molar-refractivity contribution < 1.29 is 9.69 Å². The number of quaternary nitrogens is 1. The third-order valence-electron chi connectivity index (χ3n) is 4.75. The van der Waals surface area contributed by atoms with Crippen LogP contribution in [0.1, 0.15) is 5.56 Å². The average molecular weight is 405 g/mol. The molecule has 0 bridgehead atoms. The Morgan fingerprint density at radius 2 is 1.78 bits per heavy atom. The Balaban J connectivity index is 1.30. The molecule has 1 aliphatic heterocycles. The van der Waals surface area contributed by atoms with Crippen molar-refractivity contribution >= 4 is 35.0 Å². The summed E-state index contributed by atoms with van der Waals surface area (Å²) < 4.78 is 0. The zero-order chi connectivity index (χ0) is 18.9. The van der Waals surface area contributed by atoms with Crippen molar-refractivity contribution in [3.63, 3.8) is 0 Å². The zero-order valence-electron chi connectivity index (χ0n) is 15.5. The number of hydrogen-bond donors (Lipinski definition) is 2. The topological polar surface area (TPSA) is 36.8 Å². The van der Waals surface area contributed by atoms with Gasteiger partial charge in [0.15, 0.2) is 6.54 Å². The molecule has 0 aliphatic carbocycles. The lowest BCUT2D eigenvalue weighted by Crippen LogP contribution is -3.16. The van der Waals surface area contributed by atoms with Crippen molar-refractivity contribution in [2.24, 2.45) is 0 Å². The summed E-state index contributed by atoms with van der Waals surface area (Å²) in [4.78, 5) is 15.8. The van der Waals surface area contributed by atoms with Crippen LogP contribution in [-0.2, 0) is 10.5 Å². The highest BCUT2D eigenvalue weighted by Gasteiger charge is 2.23. The Hall–Kier alpha value is -1.69. The number of rotatable bonds is 8. The third kappa shape index (κ3) is 6.45. The zero-order valence-corrected chi connectivity index (χ0v) is 17.1. The maximum atomic E-state index is 12.2. The molecule has 144 valence electrons. The molecule has 0 atom stereocenters. The van der Waals surface area contributed by atoms with E-state index in [0.29, 0.717) is 6.54 Å². The average Bonchev–Trinajstić information content (AvgIpc) is 2.70. The minimum atomic E-state index is 0.150. The van der Waals surface area contributed by atoms with Gasteiger partial charge in [0.1, 0.15) is 0 Å². The number of carbonyl (C=O) groups is 1. The fraction of sp³-hybridized carbons (Fsp3) is 0.381. The number of piperazine rings is 1. The van der Waals surface area contributed by atoms with Gasteiger partial charge in [-0.3, -0.25) is 4.79 Å². The molecule has 6 heteroatoms. The molecule has 2 N–H and O–H groups in total. The summed E-state index contributed by atoms with van der Waals surface area (Å²) in [5.41, 5.74) is 2.42. The number of benzene rings is 2. The lowest BCUT2D eigenvalue weighted by Gasteiger charge is -2.33. The molecule has 0 radical (unpaired) electrons. The van der Waals surface area contributed by atoms with Gasteiger partial charge in [0.25, 0.3) is 5.91 Å². The molecule has 0 saturated carbocycles. The van der Waals surface area contributed by atoms with Crippen LogP contribution in [0.2, 0.25) is 5.02 Å². The molecule has 1 saturated heterocycles. The second-order valence-electron chi connectivity index (χ2n) is 6.75. The van der Waals surface area contributed by atoms with E-state index in [2.05, 4.69) is 40.5 Å². The van der Waals surface area contributed by atoms with Crippen LogP contribution in [0, 0.1) is 0 Å². The van der Waals surface area contributed by atoms with E-state index in [1.54, 1.807) is 0 Å². The molecule has 4 nitrogen and oxygen atoms in total. The normalized spacial score (nSPS) is 14.9. The molecule has 1 aliphatic rings. The molecule has 2 aromatic carbocycles. The first-order valence-corrected chi connectivity index (χ1v) is 11.0. The SMILES string of the molecule is O=C(C[NH+]1CCN(c2ccccc2Cl)CC1)NCCSCc1ccccc1. The van der Waals surface area contributed by atoms with Crippen molar-refractivity contribution in [3.05, 3.63) is 65.2 Å². The summed E-state index contributed by atoms with van der Waals surface area (Å²) in [7, 11) is 0. The van der Waals surface area contributed by atoms with Crippen LogP contribution in [0.15, 0.2) is 54.6 Å². The Bertz CT molecular complexity index is 720. The first-order valence-electron chi connectivity index (χ1n) is 9.44. The van der Waals surface area contributed by atoms with Crippen LogP contribution in [0.3, 0.4) is 0 Å². The van der Waals surface area contributed by atoms with Gasteiger partial charge in [-0.05, 0) is 17.7 Å². The van der Waals surface area contributed by atoms with Gasteiger partial charge in [0.2, 0.25) is 0 Å². The van der Waals surface area contributed by atoms with Gasteiger partial charge in [0.05, 0.1) is 36.9 Å². The van der Waals surface area contributed by atoms with Crippen LogP contribution in [-0.4, -0.2) is 50.9 Å². The summed E-state index contributed by atoms with van der Waals surface area (Å²) in [5, 5.41) is 3.85. The Kier molecular flexibility index (Phi) is 7.87. The van der Waals surface area contributed by atoms with Crippen molar-refractivity contribution in [3.8, 4) is 0 Å². The van der Waals surface area contributed by atoms with E-state index in [0.717, 1.165) is 54.9 Å². The van der Waals surface area contributed by atoms with E-state index in [1.165, 1.54) is 10.5 Å². The maximum Gasteiger partial charge on any atom is 0.275 e.